The second-order valence-electron chi connectivity index (χ2n) is 5.91. The predicted octanol–water partition coefficient (Wildman–Crippen LogP) is 2.64. The molecule has 6 nitrogen and oxygen atoms in total. The van der Waals surface area contributed by atoms with Crippen LogP contribution in [0, 0.1) is 0 Å². The van der Waals surface area contributed by atoms with Gasteiger partial charge in [-0.05, 0) is 40.7 Å². The molecular formula is C15H26N2O4. The average molecular weight is 298 g/mol. The van der Waals surface area contributed by atoms with Crippen LogP contribution in [-0.2, 0) is 9.47 Å². The van der Waals surface area contributed by atoms with Crippen molar-refractivity contribution in [2.24, 2.45) is 0 Å². The number of rotatable bonds is 3. The molecule has 0 radical (unpaired) electrons. The molecule has 1 unspecified atom stereocenters. The molecule has 0 saturated carbocycles. The second kappa shape index (κ2) is 7.33. The van der Waals surface area contributed by atoms with Gasteiger partial charge in [-0.2, -0.15) is 0 Å². The Labute approximate surface area is 126 Å². The first-order chi connectivity index (χ1) is 9.76. The van der Waals surface area contributed by atoms with Crippen molar-refractivity contribution in [2.75, 3.05) is 26.2 Å². The molecule has 0 N–H and O–H groups in total. The third kappa shape index (κ3) is 5.65. The van der Waals surface area contributed by atoms with Crippen molar-refractivity contribution in [3.63, 3.8) is 0 Å². The Kier molecular flexibility index (Phi) is 6.05. The van der Waals surface area contributed by atoms with Crippen molar-refractivity contribution in [1.29, 1.82) is 0 Å². The monoisotopic (exact) mass is 298 g/mol. The van der Waals surface area contributed by atoms with E-state index in [1.807, 2.05) is 46.8 Å². The Balaban J connectivity index is 2.57. The topological polar surface area (TPSA) is 59.1 Å². The van der Waals surface area contributed by atoms with E-state index in [1.165, 1.54) is 4.90 Å². The number of amides is 2. The summed E-state index contributed by atoms with van der Waals surface area (Å²) < 4.78 is 10.7. The van der Waals surface area contributed by atoms with E-state index in [-0.39, 0.29) is 6.09 Å². The summed E-state index contributed by atoms with van der Waals surface area (Å²) in [6.07, 6.45) is 2.44. The summed E-state index contributed by atoms with van der Waals surface area (Å²) >= 11 is 0. The maximum absolute atomic E-state index is 12.0. The molecule has 1 rings (SSSR count). The molecule has 1 atom stereocenters. The van der Waals surface area contributed by atoms with Crippen LogP contribution in [-0.4, -0.2) is 59.9 Å². The van der Waals surface area contributed by atoms with Gasteiger partial charge in [-0.25, -0.2) is 9.59 Å². The van der Waals surface area contributed by atoms with Gasteiger partial charge in [0.2, 0.25) is 0 Å². The van der Waals surface area contributed by atoms with Crippen LogP contribution in [0.25, 0.3) is 0 Å². The Morgan fingerprint density at radius 3 is 2.43 bits per heavy atom. The fraction of sp³-hybridized carbons (Fsp3) is 0.733. The second-order valence-corrected chi connectivity index (χ2v) is 5.91. The highest BCUT2D eigenvalue weighted by Crippen LogP contribution is 2.14. The fourth-order valence-corrected chi connectivity index (χ4v) is 1.93. The van der Waals surface area contributed by atoms with E-state index in [0.717, 1.165) is 0 Å². The van der Waals surface area contributed by atoms with Gasteiger partial charge in [-0.15, -0.1) is 0 Å². The summed E-state index contributed by atoms with van der Waals surface area (Å²) in [4.78, 5) is 27.1. The molecule has 0 bridgehead atoms. The zero-order chi connectivity index (χ0) is 16.0. The lowest BCUT2D eigenvalue weighted by Gasteiger charge is -2.31. The molecule has 0 fully saturated rings. The minimum absolute atomic E-state index is 0.318. The Morgan fingerprint density at radius 2 is 1.90 bits per heavy atom. The smallest absolute Gasteiger partial charge is 0.410 e. The first-order valence-corrected chi connectivity index (χ1v) is 7.37. The number of hydrogen-bond acceptors (Lipinski definition) is 4. The van der Waals surface area contributed by atoms with Gasteiger partial charge < -0.3 is 19.3 Å². The van der Waals surface area contributed by atoms with Crippen molar-refractivity contribution >= 4 is 12.2 Å². The van der Waals surface area contributed by atoms with Crippen LogP contribution < -0.4 is 0 Å². The number of ether oxygens (including phenoxy) is 2. The van der Waals surface area contributed by atoms with Gasteiger partial charge in [0.1, 0.15) is 11.7 Å². The lowest BCUT2D eigenvalue weighted by Crippen LogP contribution is -2.45. The third-order valence-corrected chi connectivity index (χ3v) is 3.00. The third-order valence-electron chi connectivity index (χ3n) is 3.00. The van der Waals surface area contributed by atoms with E-state index in [1.54, 1.807) is 4.90 Å². The highest BCUT2D eigenvalue weighted by atomic mass is 16.6. The number of carbonyl (C=O) groups is 2. The van der Waals surface area contributed by atoms with E-state index in [2.05, 4.69) is 0 Å². The van der Waals surface area contributed by atoms with Crippen LogP contribution in [0.4, 0.5) is 9.59 Å². The summed E-state index contributed by atoms with van der Waals surface area (Å²) in [6.45, 7) is 11.2. The SMILES string of the molecule is CCN(CC)C(=O)OC1C=CCN(C(=O)OC(C)(C)C)C1. The lowest BCUT2D eigenvalue weighted by molar-refractivity contribution is 0.0134. The minimum Gasteiger partial charge on any atom is -0.444 e. The van der Waals surface area contributed by atoms with Crippen LogP contribution in [0.2, 0.25) is 0 Å². The zero-order valence-electron chi connectivity index (χ0n) is 13.6. The van der Waals surface area contributed by atoms with Crippen molar-refractivity contribution < 1.29 is 19.1 Å². The first kappa shape index (κ1) is 17.3. The van der Waals surface area contributed by atoms with Gasteiger partial charge in [0, 0.05) is 19.6 Å². The maximum Gasteiger partial charge on any atom is 0.410 e. The molecule has 0 aliphatic carbocycles. The Hall–Kier alpha value is -1.72. The summed E-state index contributed by atoms with van der Waals surface area (Å²) in [7, 11) is 0. The summed E-state index contributed by atoms with van der Waals surface area (Å²) in [6, 6.07) is 0. The van der Waals surface area contributed by atoms with Gasteiger partial charge >= 0.3 is 12.2 Å². The van der Waals surface area contributed by atoms with Crippen LogP contribution >= 0.6 is 0 Å². The fourth-order valence-electron chi connectivity index (χ4n) is 1.93. The minimum atomic E-state index is -0.536. The highest BCUT2D eigenvalue weighted by molar-refractivity contribution is 5.70. The number of carbonyl (C=O) groups excluding carboxylic acids is 2. The van der Waals surface area contributed by atoms with Crippen molar-refractivity contribution in [2.45, 2.75) is 46.3 Å². The molecule has 120 valence electrons. The van der Waals surface area contributed by atoms with Crippen molar-refractivity contribution in [3.05, 3.63) is 12.2 Å². The molecule has 0 saturated heterocycles. The van der Waals surface area contributed by atoms with Gasteiger partial charge in [-0.1, -0.05) is 6.08 Å². The zero-order valence-corrected chi connectivity index (χ0v) is 13.6. The van der Waals surface area contributed by atoms with Crippen LogP contribution in [0.1, 0.15) is 34.6 Å². The van der Waals surface area contributed by atoms with Gasteiger partial charge in [0.15, 0.2) is 0 Å². The molecule has 0 aromatic heterocycles. The van der Waals surface area contributed by atoms with Gasteiger partial charge in [0.05, 0.1) is 6.54 Å². The molecule has 0 aromatic rings. The van der Waals surface area contributed by atoms with Crippen molar-refractivity contribution in [1.82, 2.24) is 9.80 Å². The Morgan fingerprint density at radius 1 is 1.29 bits per heavy atom. The lowest BCUT2D eigenvalue weighted by atomic mass is 10.2. The van der Waals surface area contributed by atoms with Crippen molar-refractivity contribution in [3.8, 4) is 0 Å². The molecule has 1 aliphatic heterocycles. The Bertz CT molecular complexity index is 397. The van der Waals surface area contributed by atoms with E-state index in [4.69, 9.17) is 9.47 Å². The molecule has 6 heteroatoms. The first-order valence-electron chi connectivity index (χ1n) is 7.37. The maximum atomic E-state index is 12.0. The molecule has 0 spiro atoms. The normalized spacial score (nSPS) is 18.3. The van der Waals surface area contributed by atoms with E-state index >= 15 is 0 Å². The van der Waals surface area contributed by atoms with E-state index in [9.17, 15) is 9.59 Å². The summed E-state index contributed by atoms with van der Waals surface area (Å²) in [5, 5.41) is 0. The number of nitrogens with zero attached hydrogens (tertiary/aromatic N) is 2. The molecule has 1 heterocycles. The largest absolute Gasteiger partial charge is 0.444 e. The van der Waals surface area contributed by atoms with Crippen LogP contribution in [0.5, 0.6) is 0 Å². The summed E-state index contributed by atoms with van der Waals surface area (Å²) in [5.41, 5.74) is -0.536. The number of hydrogen-bond donors (Lipinski definition) is 0. The molecule has 2 amide bonds. The quantitative estimate of drug-likeness (QED) is 0.752. The predicted molar refractivity (Wildman–Crippen MR) is 80.1 cm³/mol. The molecule has 0 aromatic carbocycles. The summed E-state index contributed by atoms with van der Waals surface area (Å²) in [5.74, 6) is 0. The standard InChI is InChI=1S/C15H26N2O4/c1-6-16(7-2)13(18)20-12-9-8-10-17(11-12)14(19)21-15(3,4)5/h8-9,12H,6-7,10-11H2,1-5H3. The van der Waals surface area contributed by atoms with Crippen LogP contribution in [0.15, 0.2) is 12.2 Å². The molecular weight excluding hydrogens is 272 g/mol. The molecule has 1 aliphatic rings. The molecule has 21 heavy (non-hydrogen) atoms. The van der Waals surface area contributed by atoms with Crippen LogP contribution in [0.3, 0.4) is 0 Å². The van der Waals surface area contributed by atoms with E-state index < -0.39 is 17.8 Å². The van der Waals surface area contributed by atoms with E-state index in [0.29, 0.717) is 26.2 Å². The van der Waals surface area contributed by atoms with Gasteiger partial charge in [-0.3, -0.25) is 0 Å². The average Bonchev–Trinajstić information content (AvgIpc) is 2.38. The van der Waals surface area contributed by atoms with Gasteiger partial charge in [0.25, 0.3) is 0 Å². The highest BCUT2D eigenvalue weighted by Gasteiger charge is 2.27.